The molecule has 126 valence electrons. The normalized spacial score (nSPS) is 17.2. The Balaban J connectivity index is 1.99. The van der Waals surface area contributed by atoms with Gasteiger partial charge in [-0.15, -0.1) is 0 Å². The van der Waals surface area contributed by atoms with E-state index in [1.807, 2.05) is 6.07 Å². The first-order chi connectivity index (χ1) is 11.6. The van der Waals surface area contributed by atoms with E-state index < -0.39 is 11.9 Å². The fourth-order valence-corrected chi connectivity index (χ4v) is 2.35. The zero-order valence-electron chi connectivity index (χ0n) is 13.6. The number of esters is 1. The van der Waals surface area contributed by atoms with Gasteiger partial charge in [0.1, 0.15) is 11.6 Å². The molecule has 1 N–H and O–H groups in total. The molecule has 0 unspecified atom stereocenters. The minimum atomic E-state index is -0.428. The van der Waals surface area contributed by atoms with Crippen molar-refractivity contribution in [3.05, 3.63) is 41.0 Å². The second-order valence-electron chi connectivity index (χ2n) is 5.36. The average molecular weight is 328 g/mol. The highest BCUT2D eigenvalue weighted by atomic mass is 16.5. The van der Waals surface area contributed by atoms with Crippen LogP contribution in [0.3, 0.4) is 0 Å². The summed E-state index contributed by atoms with van der Waals surface area (Å²) in [6.45, 7) is 3.17. The van der Waals surface area contributed by atoms with E-state index in [9.17, 15) is 14.9 Å². The van der Waals surface area contributed by atoms with Crippen LogP contribution in [-0.2, 0) is 14.3 Å². The molecule has 6 heteroatoms. The number of nitrogens with zero attached hydrogens (tertiary/aromatic N) is 1. The van der Waals surface area contributed by atoms with Crippen molar-refractivity contribution in [1.29, 1.82) is 5.26 Å². The minimum absolute atomic E-state index is 0.0110. The van der Waals surface area contributed by atoms with Gasteiger partial charge in [-0.1, -0.05) is 12.1 Å². The zero-order chi connectivity index (χ0) is 17.4. The van der Waals surface area contributed by atoms with Gasteiger partial charge < -0.3 is 14.8 Å². The second-order valence-corrected chi connectivity index (χ2v) is 5.36. The number of carbonyl (C=O) groups excluding carboxylic acids is 2. The van der Waals surface area contributed by atoms with Gasteiger partial charge in [0, 0.05) is 13.2 Å². The predicted molar refractivity (Wildman–Crippen MR) is 88.0 cm³/mol. The summed E-state index contributed by atoms with van der Waals surface area (Å²) in [7, 11) is 0. The highest BCUT2D eigenvalue weighted by Gasteiger charge is 2.17. The Labute approximate surface area is 141 Å². The molecule has 1 aromatic carbocycles. The molecule has 0 aliphatic carbocycles. The van der Waals surface area contributed by atoms with Gasteiger partial charge in [0.2, 0.25) is 0 Å². The van der Waals surface area contributed by atoms with Gasteiger partial charge >= 0.3 is 5.97 Å². The Morgan fingerprint density at radius 1 is 1.42 bits per heavy atom. The van der Waals surface area contributed by atoms with Crippen molar-refractivity contribution in [3.63, 3.8) is 0 Å². The third-order valence-electron chi connectivity index (χ3n) is 3.61. The Bertz CT molecular complexity index is 653. The lowest BCUT2D eigenvalue weighted by Gasteiger charge is -2.10. The molecule has 1 aliphatic rings. The van der Waals surface area contributed by atoms with Crippen LogP contribution in [0.15, 0.2) is 29.8 Å². The molecule has 1 amide bonds. The van der Waals surface area contributed by atoms with Crippen LogP contribution in [0.4, 0.5) is 0 Å². The van der Waals surface area contributed by atoms with Gasteiger partial charge in [-0.3, -0.25) is 4.79 Å². The quantitative estimate of drug-likeness (QED) is 0.490. The summed E-state index contributed by atoms with van der Waals surface area (Å²) < 4.78 is 10.3. The number of benzene rings is 1. The third-order valence-corrected chi connectivity index (χ3v) is 3.61. The van der Waals surface area contributed by atoms with Crippen molar-refractivity contribution in [2.45, 2.75) is 25.9 Å². The summed E-state index contributed by atoms with van der Waals surface area (Å²) in [5.74, 6) is -0.828. The number of hydrogen-bond acceptors (Lipinski definition) is 5. The van der Waals surface area contributed by atoms with Crippen LogP contribution in [0.5, 0.6) is 0 Å². The molecule has 0 bridgehead atoms. The molecular weight excluding hydrogens is 308 g/mol. The van der Waals surface area contributed by atoms with E-state index in [0.29, 0.717) is 30.9 Å². The van der Waals surface area contributed by atoms with Gasteiger partial charge in [-0.2, -0.15) is 5.26 Å². The lowest BCUT2D eigenvalue weighted by molar-refractivity contribution is -0.117. The number of hydrogen-bond donors (Lipinski definition) is 1. The van der Waals surface area contributed by atoms with Crippen LogP contribution in [0.25, 0.3) is 6.08 Å². The minimum Gasteiger partial charge on any atom is -0.462 e. The molecule has 1 fully saturated rings. The van der Waals surface area contributed by atoms with Crippen molar-refractivity contribution in [3.8, 4) is 6.07 Å². The smallest absolute Gasteiger partial charge is 0.338 e. The first-order valence-electron chi connectivity index (χ1n) is 7.92. The van der Waals surface area contributed by atoms with Gasteiger partial charge in [0.05, 0.1) is 18.3 Å². The SMILES string of the molecule is CCOC(=O)c1ccc(/C=C(\C#N)C(=O)NC[C@H]2CCCO2)cc1. The second kappa shape index (κ2) is 8.85. The van der Waals surface area contributed by atoms with Crippen molar-refractivity contribution in [1.82, 2.24) is 5.32 Å². The van der Waals surface area contributed by atoms with E-state index in [1.165, 1.54) is 6.08 Å². The monoisotopic (exact) mass is 328 g/mol. The number of nitriles is 1. The standard InChI is InChI=1S/C18H20N2O4/c1-2-23-18(22)14-7-5-13(6-8-14)10-15(11-19)17(21)20-12-16-4-3-9-24-16/h5-8,10,16H,2-4,9,12H2,1H3,(H,20,21)/b15-10+/t16-/m1/s1. The van der Waals surface area contributed by atoms with E-state index in [-0.39, 0.29) is 11.7 Å². The lowest BCUT2D eigenvalue weighted by atomic mass is 10.1. The summed E-state index contributed by atoms with van der Waals surface area (Å²) in [5, 5.41) is 11.9. The Kier molecular flexibility index (Phi) is 6.52. The molecule has 1 aromatic rings. The van der Waals surface area contributed by atoms with E-state index >= 15 is 0 Å². The van der Waals surface area contributed by atoms with E-state index in [1.54, 1.807) is 31.2 Å². The van der Waals surface area contributed by atoms with Gasteiger partial charge in [0.25, 0.3) is 5.91 Å². The summed E-state index contributed by atoms with van der Waals surface area (Å²) in [6.07, 6.45) is 3.42. The molecule has 6 nitrogen and oxygen atoms in total. The largest absolute Gasteiger partial charge is 0.462 e. The molecule has 1 aliphatic heterocycles. The lowest BCUT2D eigenvalue weighted by Crippen LogP contribution is -2.32. The topological polar surface area (TPSA) is 88.4 Å². The highest BCUT2D eigenvalue weighted by Crippen LogP contribution is 2.12. The van der Waals surface area contributed by atoms with Gasteiger partial charge in [-0.25, -0.2) is 4.79 Å². The average Bonchev–Trinajstić information content (AvgIpc) is 3.12. The number of rotatable bonds is 6. The summed E-state index contributed by atoms with van der Waals surface area (Å²) in [5.41, 5.74) is 1.10. The summed E-state index contributed by atoms with van der Waals surface area (Å²) >= 11 is 0. The Hall–Kier alpha value is -2.65. The van der Waals surface area contributed by atoms with Gasteiger partial charge in [-0.05, 0) is 43.5 Å². The van der Waals surface area contributed by atoms with Crippen LogP contribution in [-0.4, -0.2) is 37.7 Å². The van der Waals surface area contributed by atoms with Crippen molar-refractivity contribution in [2.75, 3.05) is 19.8 Å². The van der Waals surface area contributed by atoms with Crippen LogP contribution in [0.2, 0.25) is 0 Å². The van der Waals surface area contributed by atoms with Crippen LogP contribution in [0, 0.1) is 11.3 Å². The van der Waals surface area contributed by atoms with Crippen LogP contribution < -0.4 is 5.32 Å². The zero-order valence-corrected chi connectivity index (χ0v) is 13.6. The van der Waals surface area contributed by atoms with E-state index in [4.69, 9.17) is 9.47 Å². The first kappa shape index (κ1) is 17.7. The number of nitrogens with one attached hydrogen (secondary N) is 1. The maximum Gasteiger partial charge on any atom is 0.338 e. The Morgan fingerprint density at radius 3 is 2.75 bits per heavy atom. The predicted octanol–water partition coefficient (Wildman–Crippen LogP) is 2.07. The van der Waals surface area contributed by atoms with Gasteiger partial charge in [0.15, 0.2) is 0 Å². The van der Waals surface area contributed by atoms with Crippen LogP contribution in [0.1, 0.15) is 35.7 Å². The fraction of sp³-hybridized carbons (Fsp3) is 0.389. The number of amides is 1. The third kappa shape index (κ3) is 4.93. The molecule has 1 atom stereocenters. The first-order valence-corrected chi connectivity index (χ1v) is 7.92. The molecule has 0 aromatic heterocycles. The maximum atomic E-state index is 12.1. The van der Waals surface area contributed by atoms with E-state index in [2.05, 4.69) is 5.32 Å². The molecule has 24 heavy (non-hydrogen) atoms. The molecule has 1 saturated heterocycles. The molecule has 0 saturated carbocycles. The molecule has 0 radical (unpaired) electrons. The molecule has 1 heterocycles. The number of ether oxygens (including phenoxy) is 2. The fourth-order valence-electron chi connectivity index (χ4n) is 2.35. The summed E-state index contributed by atoms with van der Waals surface area (Å²) in [6, 6.07) is 8.43. The van der Waals surface area contributed by atoms with E-state index in [0.717, 1.165) is 12.8 Å². The van der Waals surface area contributed by atoms with Crippen LogP contribution >= 0.6 is 0 Å². The molecular formula is C18H20N2O4. The highest BCUT2D eigenvalue weighted by molar-refractivity contribution is 6.01. The molecule has 0 spiro atoms. The molecule has 2 rings (SSSR count). The van der Waals surface area contributed by atoms with Crippen molar-refractivity contribution < 1.29 is 19.1 Å². The van der Waals surface area contributed by atoms with Crippen molar-refractivity contribution in [2.24, 2.45) is 0 Å². The number of carbonyl (C=O) groups is 2. The summed E-state index contributed by atoms with van der Waals surface area (Å²) in [4.78, 5) is 23.7. The maximum absolute atomic E-state index is 12.1. The van der Waals surface area contributed by atoms with Crippen molar-refractivity contribution >= 4 is 18.0 Å². The Morgan fingerprint density at radius 2 is 2.17 bits per heavy atom.